The summed E-state index contributed by atoms with van der Waals surface area (Å²) in [5.41, 5.74) is 3.68. The van der Waals surface area contributed by atoms with E-state index in [1.54, 1.807) is 7.11 Å². The number of ether oxygens (including phenoxy) is 2. The van der Waals surface area contributed by atoms with Gasteiger partial charge in [-0.3, -0.25) is 4.79 Å². The van der Waals surface area contributed by atoms with Crippen molar-refractivity contribution >= 4 is 5.78 Å². The SMILES string of the molecule is COCC(=O)c1cc(C)c(OC)c(C)c1C. The molecule has 1 aromatic rings. The van der Waals surface area contributed by atoms with E-state index in [9.17, 15) is 4.79 Å². The highest BCUT2D eigenvalue weighted by Gasteiger charge is 2.15. The van der Waals surface area contributed by atoms with Crippen LogP contribution in [-0.2, 0) is 4.74 Å². The number of aryl methyl sites for hydroxylation is 1. The van der Waals surface area contributed by atoms with Crippen LogP contribution < -0.4 is 4.74 Å². The number of carbonyl (C=O) groups excluding carboxylic acids is 1. The molecule has 0 radical (unpaired) electrons. The molecule has 0 unspecified atom stereocenters. The number of methoxy groups -OCH3 is 2. The molecule has 1 rings (SSSR count). The number of hydrogen-bond acceptors (Lipinski definition) is 3. The van der Waals surface area contributed by atoms with Crippen LogP contribution in [0.4, 0.5) is 0 Å². The number of rotatable bonds is 4. The fraction of sp³-hybridized carbons (Fsp3) is 0.462. The molecule has 0 fully saturated rings. The summed E-state index contributed by atoms with van der Waals surface area (Å²) in [4.78, 5) is 11.8. The highest BCUT2D eigenvalue weighted by Crippen LogP contribution is 2.28. The monoisotopic (exact) mass is 222 g/mol. The van der Waals surface area contributed by atoms with Crippen molar-refractivity contribution in [2.75, 3.05) is 20.8 Å². The molecule has 3 nitrogen and oxygen atoms in total. The molecule has 0 aliphatic carbocycles. The van der Waals surface area contributed by atoms with E-state index in [0.717, 1.165) is 28.0 Å². The van der Waals surface area contributed by atoms with Crippen LogP contribution in [0, 0.1) is 20.8 Å². The van der Waals surface area contributed by atoms with Crippen LogP contribution in [0.2, 0.25) is 0 Å². The average molecular weight is 222 g/mol. The van der Waals surface area contributed by atoms with E-state index in [0.29, 0.717) is 0 Å². The molecule has 0 amide bonds. The molecule has 0 saturated carbocycles. The highest BCUT2D eigenvalue weighted by molar-refractivity contribution is 5.99. The predicted octanol–water partition coefficient (Wildman–Crippen LogP) is 2.45. The molecule has 16 heavy (non-hydrogen) atoms. The molecule has 0 heterocycles. The molecule has 0 aromatic heterocycles. The number of Topliss-reactive ketones (excluding diaryl/α,β-unsaturated/α-hetero) is 1. The number of hydrogen-bond donors (Lipinski definition) is 0. The molecular weight excluding hydrogens is 204 g/mol. The first-order valence-electron chi connectivity index (χ1n) is 5.19. The molecule has 0 atom stereocenters. The zero-order valence-electron chi connectivity index (χ0n) is 10.5. The maximum Gasteiger partial charge on any atom is 0.188 e. The van der Waals surface area contributed by atoms with Crippen molar-refractivity contribution < 1.29 is 14.3 Å². The lowest BCUT2D eigenvalue weighted by atomic mass is 9.96. The van der Waals surface area contributed by atoms with Crippen molar-refractivity contribution in [3.63, 3.8) is 0 Å². The first kappa shape index (κ1) is 12.7. The third kappa shape index (κ3) is 2.25. The number of benzene rings is 1. The molecule has 0 aliphatic rings. The van der Waals surface area contributed by atoms with Gasteiger partial charge in [-0.15, -0.1) is 0 Å². The van der Waals surface area contributed by atoms with Gasteiger partial charge in [0.25, 0.3) is 0 Å². The Morgan fingerprint density at radius 3 is 2.31 bits per heavy atom. The summed E-state index contributed by atoms with van der Waals surface area (Å²) in [5.74, 6) is 0.861. The van der Waals surface area contributed by atoms with Gasteiger partial charge >= 0.3 is 0 Å². The lowest BCUT2D eigenvalue weighted by Gasteiger charge is -2.14. The van der Waals surface area contributed by atoms with Gasteiger partial charge in [0, 0.05) is 12.7 Å². The maximum atomic E-state index is 11.8. The highest BCUT2D eigenvalue weighted by atomic mass is 16.5. The van der Waals surface area contributed by atoms with Crippen LogP contribution >= 0.6 is 0 Å². The molecule has 0 saturated heterocycles. The van der Waals surface area contributed by atoms with Gasteiger partial charge in [0.2, 0.25) is 0 Å². The third-order valence-corrected chi connectivity index (χ3v) is 2.81. The van der Waals surface area contributed by atoms with Crippen molar-refractivity contribution in [3.8, 4) is 5.75 Å². The van der Waals surface area contributed by atoms with E-state index < -0.39 is 0 Å². The minimum absolute atomic E-state index is 0.00820. The van der Waals surface area contributed by atoms with Crippen molar-refractivity contribution in [3.05, 3.63) is 28.3 Å². The second-order valence-electron chi connectivity index (χ2n) is 3.88. The molecule has 88 valence electrons. The molecule has 1 aromatic carbocycles. The number of carbonyl (C=O) groups is 1. The summed E-state index contributed by atoms with van der Waals surface area (Å²) >= 11 is 0. The van der Waals surface area contributed by atoms with Gasteiger partial charge in [-0.1, -0.05) is 0 Å². The molecular formula is C13H18O3. The van der Waals surface area contributed by atoms with Gasteiger partial charge in [0.1, 0.15) is 12.4 Å². The minimum Gasteiger partial charge on any atom is -0.496 e. The van der Waals surface area contributed by atoms with Gasteiger partial charge in [-0.2, -0.15) is 0 Å². The first-order chi connectivity index (χ1) is 7.52. The third-order valence-electron chi connectivity index (χ3n) is 2.81. The fourth-order valence-electron chi connectivity index (χ4n) is 1.87. The van der Waals surface area contributed by atoms with Crippen LogP contribution in [0.3, 0.4) is 0 Å². The normalized spacial score (nSPS) is 10.3. The van der Waals surface area contributed by atoms with Crippen LogP contribution in [0.25, 0.3) is 0 Å². The van der Waals surface area contributed by atoms with Gasteiger partial charge < -0.3 is 9.47 Å². The lowest BCUT2D eigenvalue weighted by molar-refractivity contribution is 0.0847. The molecule has 0 bridgehead atoms. The summed E-state index contributed by atoms with van der Waals surface area (Å²) in [6.45, 7) is 5.95. The van der Waals surface area contributed by atoms with Crippen molar-refractivity contribution in [2.45, 2.75) is 20.8 Å². The Morgan fingerprint density at radius 2 is 1.81 bits per heavy atom. The summed E-state index contributed by atoms with van der Waals surface area (Å²) in [7, 11) is 3.17. The van der Waals surface area contributed by atoms with Crippen molar-refractivity contribution in [1.29, 1.82) is 0 Å². The van der Waals surface area contributed by atoms with Crippen LogP contribution in [0.15, 0.2) is 6.07 Å². The summed E-state index contributed by atoms with van der Waals surface area (Å²) in [6, 6.07) is 1.86. The van der Waals surface area contributed by atoms with Crippen LogP contribution in [0.5, 0.6) is 5.75 Å². The maximum absolute atomic E-state index is 11.8. The second kappa shape index (κ2) is 5.12. The Morgan fingerprint density at radius 1 is 1.19 bits per heavy atom. The molecule has 0 N–H and O–H groups in total. The largest absolute Gasteiger partial charge is 0.496 e. The smallest absolute Gasteiger partial charge is 0.188 e. The van der Waals surface area contributed by atoms with Gasteiger partial charge in [0.15, 0.2) is 5.78 Å². The molecule has 3 heteroatoms. The zero-order chi connectivity index (χ0) is 12.3. The zero-order valence-corrected chi connectivity index (χ0v) is 10.5. The van der Waals surface area contributed by atoms with E-state index in [2.05, 4.69) is 0 Å². The Kier molecular flexibility index (Phi) is 4.07. The Bertz CT molecular complexity index is 408. The van der Waals surface area contributed by atoms with E-state index in [4.69, 9.17) is 9.47 Å². The fourth-order valence-corrected chi connectivity index (χ4v) is 1.87. The quantitative estimate of drug-likeness (QED) is 0.734. The van der Waals surface area contributed by atoms with Crippen molar-refractivity contribution in [1.82, 2.24) is 0 Å². The van der Waals surface area contributed by atoms with Gasteiger partial charge in [0.05, 0.1) is 7.11 Å². The summed E-state index contributed by atoms with van der Waals surface area (Å²) in [6.07, 6.45) is 0. The predicted molar refractivity (Wildman–Crippen MR) is 63.4 cm³/mol. The van der Waals surface area contributed by atoms with Crippen molar-refractivity contribution in [2.24, 2.45) is 0 Å². The van der Waals surface area contributed by atoms with E-state index in [1.807, 2.05) is 26.8 Å². The average Bonchev–Trinajstić information content (AvgIpc) is 2.24. The molecule has 0 aliphatic heterocycles. The Hall–Kier alpha value is -1.35. The first-order valence-corrected chi connectivity index (χ1v) is 5.19. The van der Waals surface area contributed by atoms with Gasteiger partial charge in [-0.05, 0) is 43.5 Å². The Balaban J connectivity index is 3.28. The standard InChI is InChI=1S/C13H18O3/c1-8-6-11(12(14)7-15-4)9(2)10(3)13(8)16-5/h6H,7H2,1-5H3. The van der Waals surface area contributed by atoms with E-state index >= 15 is 0 Å². The minimum atomic E-state index is 0.00820. The second-order valence-corrected chi connectivity index (χ2v) is 3.88. The molecule has 0 spiro atoms. The Labute approximate surface area is 96.4 Å². The van der Waals surface area contributed by atoms with E-state index in [1.165, 1.54) is 7.11 Å². The van der Waals surface area contributed by atoms with Crippen LogP contribution in [-0.4, -0.2) is 26.6 Å². The van der Waals surface area contributed by atoms with Gasteiger partial charge in [-0.25, -0.2) is 0 Å². The summed E-state index contributed by atoms with van der Waals surface area (Å²) < 4.78 is 10.2. The van der Waals surface area contributed by atoms with Crippen LogP contribution in [0.1, 0.15) is 27.0 Å². The topological polar surface area (TPSA) is 35.5 Å². The van der Waals surface area contributed by atoms with E-state index in [-0.39, 0.29) is 12.4 Å². The summed E-state index contributed by atoms with van der Waals surface area (Å²) in [5, 5.41) is 0. The number of ketones is 1. The lowest BCUT2D eigenvalue weighted by Crippen LogP contribution is -2.11.